The van der Waals surface area contributed by atoms with Crippen LogP contribution in [0.25, 0.3) is 67.9 Å². The predicted molar refractivity (Wildman–Crippen MR) is 270 cm³/mol. The highest BCUT2D eigenvalue weighted by Crippen LogP contribution is 2.32. The summed E-state index contributed by atoms with van der Waals surface area (Å²) in [6, 6.07) is 32.7. The fourth-order valence-corrected chi connectivity index (χ4v) is 8.77. The zero-order valence-corrected chi connectivity index (χ0v) is 40.1. The van der Waals surface area contributed by atoms with Crippen molar-refractivity contribution >= 4 is 43.7 Å². The van der Waals surface area contributed by atoms with Crippen molar-refractivity contribution in [2.45, 2.75) is 68.5 Å². The molecule has 0 unspecified atom stereocenters. The Morgan fingerprint density at radius 2 is 0.824 bits per heavy atom. The summed E-state index contributed by atoms with van der Waals surface area (Å²) in [5.74, 6) is 1.22. The average Bonchev–Trinajstić information content (AvgIpc) is 4.02. The minimum atomic E-state index is -3.35. The Hall–Kier alpha value is -6.83. The van der Waals surface area contributed by atoms with E-state index in [1.807, 2.05) is 62.6 Å². The maximum Gasteiger partial charge on any atom is 0.189 e. The number of aromatic nitrogens is 6. The molecule has 0 amide bonds. The summed E-state index contributed by atoms with van der Waals surface area (Å²) in [5, 5.41) is 13.6. The second kappa shape index (κ2) is 22.3. The Kier molecular flexibility index (Phi) is 17.1. The third-order valence-electron chi connectivity index (χ3n) is 10.5. The number of hydrogen-bond donors (Lipinski definition) is 4. The minimum absolute atomic E-state index is 0. The minimum Gasteiger partial charge on any atom is -0.382 e. The monoisotopic (exact) mass is 978 g/mol. The van der Waals surface area contributed by atoms with Gasteiger partial charge >= 0.3 is 0 Å². The van der Waals surface area contributed by atoms with E-state index in [1.165, 1.54) is 11.1 Å². The zero-order chi connectivity index (χ0) is 47.2. The molecule has 19 heteroatoms. The number of sulfone groups is 2. The quantitative estimate of drug-likeness (QED) is 0.0794. The predicted octanol–water partition coefficient (Wildman–Crippen LogP) is 8.96. The maximum absolute atomic E-state index is 12.4. The van der Waals surface area contributed by atoms with Crippen molar-refractivity contribution < 1.29 is 25.9 Å². The van der Waals surface area contributed by atoms with E-state index >= 15 is 0 Å². The summed E-state index contributed by atoms with van der Waals surface area (Å²) in [5.41, 5.74) is 20.9. The topological polar surface area (TPSA) is 248 Å². The van der Waals surface area contributed by atoms with Gasteiger partial charge < -0.3 is 31.1 Å². The fourth-order valence-electron chi connectivity index (χ4n) is 6.65. The number of halogens is 1. The van der Waals surface area contributed by atoms with E-state index in [0.717, 1.165) is 24.2 Å². The first kappa shape index (κ1) is 52.1. The Morgan fingerprint density at radius 3 is 1.13 bits per heavy atom. The molecule has 0 atom stereocenters. The van der Waals surface area contributed by atoms with Crippen molar-refractivity contribution in [1.29, 1.82) is 0 Å². The van der Waals surface area contributed by atoms with Gasteiger partial charge in [-0.2, -0.15) is 0 Å². The second-order valence-electron chi connectivity index (χ2n) is 15.8. The van der Waals surface area contributed by atoms with Crippen LogP contribution in [0.2, 0.25) is 0 Å². The van der Waals surface area contributed by atoms with Gasteiger partial charge in [0.2, 0.25) is 0 Å². The van der Waals surface area contributed by atoms with Crippen LogP contribution in [-0.2, 0) is 32.8 Å². The molecule has 68 heavy (non-hydrogen) atoms. The smallest absolute Gasteiger partial charge is 0.189 e. The number of nitrogens with zero attached hydrogens (tertiary/aromatic N) is 6. The molecule has 0 saturated carbocycles. The van der Waals surface area contributed by atoms with Gasteiger partial charge in [0.05, 0.1) is 44.1 Å². The zero-order valence-electron chi connectivity index (χ0n) is 37.6. The Morgan fingerprint density at radius 1 is 0.515 bits per heavy atom. The molecule has 4 aromatic carbocycles. The molecule has 0 aliphatic rings. The summed E-state index contributed by atoms with van der Waals surface area (Å²) in [7, 11) is -2.89. The number of hydrogen-bond acceptors (Lipinski definition) is 16. The van der Waals surface area contributed by atoms with Gasteiger partial charge in [-0.05, 0) is 77.2 Å². The lowest BCUT2D eigenvalue weighted by atomic mass is 10.1. The molecule has 0 bridgehead atoms. The first-order valence-corrected chi connectivity index (χ1v) is 24.0. The van der Waals surface area contributed by atoms with Crippen molar-refractivity contribution in [3.8, 4) is 67.9 Å². The molecule has 356 valence electrons. The summed E-state index contributed by atoms with van der Waals surface area (Å²) >= 11 is 0. The molecule has 0 aliphatic heterocycles. The van der Waals surface area contributed by atoms with Crippen LogP contribution in [0, 0.1) is 0 Å². The molecule has 16 nitrogen and oxygen atoms in total. The Balaban J connectivity index is 0.000000247. The van der Waals surface area contributed by atoms with Crippen molar-refractivity contribution in [1.82, 2.24) is 40.9 Å². The van der Waals surface area contributed by atoms with E-state index < -0.39 is 30.2 Å². The van der Waals surface area contributed by atoms with Gasteiger partial charge in [0.1, 0.15) is 11.4 Å². The number of rotatable bonds is 14. The van der Waals surface area contributed by atoms with Crippen molar-refractivity contribution in [3.63, 3.8) is 0 Å². The second-order valence-corrected chi connectivity index (χ2v) is 20.8. The van der Waals surface area contributed by atoms with Crippen LogP contribution in [0.4, 0.5) is 11.6 Å². The molecule has 0 aliphatic carbocycles. The molecule has 0 fully saturated rings. The van der Waals surface area contributed by atoms with E-state index in [-0.39, 0.29) is 41.3 Å². The van der Waals surface area contributed by atoms with Crippen molar-refractivity contribution in [2.24, 2.45) is 0 Å². The lowest BCUT2D eigenvalue weighted by Crippen LogP contribution is -2.13. The van der Waals surface area contributed by atoms with Crippen LogP contribution < -0.4 is 22.1 Å². The highest BCUT2D eigenvalue weighted by molar-refractivity contribution is 7.92. The molecule has 4 heterocycles. The molecule has 6 N–H and O–H groups in total. The lowest BCUT2D eigenvalue weighted by Gasteiger charge is -2.09. The summed E-state index contributed by atoms with van der Waals surface area (Å²) in [6.07, 6.45) is 3.09. The Labute approximate surface area is 403 Å². The normalized spacial score (nSPS) is 11.4. The summed E-state index contributed by atoms with van der Waals surface area (Å²) in [6.45, 7) is 8.20. The van der Waals surface area contributed by atoms with Gasteiger partial charge in [-0.25, -0.2) is 36.8 Å². The third-order valence-corrected chi connectivity index (χ3v) is 14.9. The molecular formula is C49H55ClN10O6S2. The number of benzene rings is 4. The van der Waals surface area contributed by atoms with Gasteiger partial charge in [-0.3, -0.25) is 0 Å². The number of nitrogens with two attached hydrogens (primary N) is 2. The summed E-state index contributed by atoms with van der Waals surface area (Å²) < 4.78 is 60.5. The van der Waals surface area contributed by atoms with Crippen LogP contribution in [0.1, 0.15) is 46.2 Å². The molecule has 4 aromatic heterocycles. The first-order chi connectivity index (χ1) is 31.6. The van der Waals surface area contributed by atoms with Gasteiger partial charge in [-0.15, -0.1) is 12.4 Å². The van der Waals surface area contributed by atoms with Gasteiger partial charge in [-0.1, -0.05) is 90.5 Å². The summed E-state index contributed by atoms with van der Waals surface area (Å²) in [4.78, 5) is 18.2. The molecule has 8 aromatic rings. The van der Waals surface area contributed by atoms with Crippen molar-refractivity contribution in [2.75, 3.05) is 25.6 Å². The molecule has 0 saturated heterocycles. The van der Waals surface area contributed by atoms with Crippen LogP contribution in [0.5, 0.6) is 0 Å². The molecule has 8 rings (SSSR count). The number of anilines is 2. The van der Waals surface area contributed by atoms with Crippen LogP contribution in [0.3, 0.4) is 0 Å². The SMILES string of the molecule is C.CNCc1ccc(-c2cc(-c3nc(-c4ccc(S(=O)(=O)C(C)C)cc4)cnc3N)on2)cc1.CNCc1ccc(-c2cc(-c3nc(-c4ccc(S(=O)(=O)C(C)C)cc4)cnc3N)on2)cc1.Cl. The van der Waals surface area contributed by atoms with E-state index in [9.17, 15) is 16.8 Å². The average molecular weight is 980 g/mol. The van der Waals surface area contributed by atoms with Crippen LogP contribution in [0.15, 0.2) is 140 Å². The maximum atomic E-state index is 12.4. The lowest BCUT2D eigenvalue weighted by molar-refractivity contribution is 0.433. The first-order valence-electron chi connectivity index (χ1n) is 20.9. The van der Waals surface area contributed by atoms with E-state index in [0.29, 0.717) is 56.8 Å². The van der Waals surface area contributed by atoms with Gasteiger partial charge in [0, 0.05) is 47.5 Å². The van der Waals surface area contributed by atoms with Gasteiger partial charge in [0.15, 0.2) is 54.2 Å². The molecular weight excluding hydrogens is 924 g/mol. The van der Waals surface area contributed by atoms with E-state index in [2.05, 4.69) is 40.9 Å². The number of nitrogen functional groups attached to an aromatic ring is 2. The standard InChI is InChI=1S/2C24H25N5O3S.CH4.ClH/c2*1-15(2)33(30,31)19-10-8-18(9-11-19)21-14-27-24(25)23(28-21)22-12-20(29-32-22)17-6-4-16(5-7-17)13-26-3;;/h2*4-12,14-15,26H,13H2,1-3H3,(H2,25,27);1H4;1H. The fraction of sp³-hybridized carbons (Fsp3) is 0.224. The highest BCUT2D eigenvalue weighted by Gasteiger charge is 2.22. The third kappa shape index (κ3) is 11.6. The Bertz CT molecular complexity index is 2950. The van der Waals surface area contributed by atoms with Gasteiger partial charge in [0.25, 0.3) is 0 Å². The van der Waals surface area contributed by atoms with E-state index in [1.54, 1.807) is 101 Å². The van der Waals surface area contributed by atoms with Crippen LogP contribution >= 0.6 is 12.4 Å². The van der Waals surface area contributed by atoms with Crippen molar-refractivity contribution in [3.05, 3.63) is 133 Å². The largest absolute Gasteiger partial charge is 0.382 e. The number of nitrogens with one attached hydrogen (secondary N) is 2. The van der Waals surface area contributed by atoms with E-state index in [4.69, 9.17) is 20.5 Å². The van der Waals surface area contributed by atoms with Crippen LogP contribution in [-0.4, -0.2) is 71.7 Å². The molecule has 0 radical (unpaired) electrons. The highest BCUT2D eigenvalue weighted by atomic mass is 35.5. The molecule has 0 spiro atoms.